The first-order valence-electron chi connectivity index (χ1n) is 25.5. The molecule has 0 radical (unpaired) electrons. The molecule has 0 aliphatic carbocycles. The molecular formula is C56H95NO5. The summed E-state index contributed by atoms with van der Waals surface area (Å²) in [5.41, 5.74) is 0. The van der Waals surface area contributed by atoms with Gasteiger partial charge in [-0.3, -0.25) is 9.59 Å². The van der Waals surface area contributed by atoms with Gasteiger partial charge in [0.15, 0.2) is 0 Å². The largest absolute Gasteiger partial charge is 0.461 e. The number of aliphatic hydroxyl groups excluding tert-OH is 2. The highest BCUT2D eigenvalue weighted by molar-refractivity contribution is 5.77. The third-order valence-corrected chi connectivity index (χ3v) is 10.9. The van der Waals surface area contributed by atoms with Crippen LogP contribution in [0.4, 0.5) is 0 Å². The van der Waals surface area contributed by atoms with E-state index in [1.807, 2.05) is 12.2 Å². The van der Waals surface area contributed by atoms with Crippen molar-refractivity contribution in [1.29, 1.82) is 0 Å². The van der Waals surface area contributed by atoms with Crippen molar-refractivity contribution in [3.8, 4) is 0 Å². The van der Waals surface area contributed by atoms with Crippen LogP contribution in [0.15, 0.2) is 97.2 Å². The van der Waals surface area contributed by atoms with Gasteiger partial charge in [0.05, 0.1) is 25.2 Å². The maximum absolute atomic E-state index is 13.2. The molecule has 0 bridgehead atoms. The molecule has 62 heavy (non-hydrogen) atoms. The minimum Gasteiger partial charge on any atom is -0.461 e. The SMILES string of the molecule is CCCCC/C=C\C/C=C\C/C=C\C/C=C\CCCC(=O)OC(C/C=C\C/C=C\C/C=C\C/C=C\CCCCC)CC(=O)NC(CO)C(O)CCCCCCCCCCCCC. The van der Waals surface area contributed by atoms with Crippen molar-refractivity contribution in [2.75, 3.05) is 6.61 Å². The lowest BCUT2D eigenvalue weighted by Gasteiger charge is -2.24. The number of aliphatic hydroxyl groups is 2. The van der Waals surface area contributed by atoms with Gasteiger partial charge < -0.3 is 20.3 Å². The van der Waals surface area contributed by atoms with Crippen molar-refractivity contribution in [2.24, 2.45) is 0 Å². The minimum absolute atomic E-state index is 0.0252. The van der Waals surface area contributed by atoms with Gasteiger partial charge in [-0.05, 0) is 83.5 Å². The van der Waals surface area contributed by atoms with Crippen LogP contribution in [-0.2, 0) is 14.3 Å². The molecule has 6 heteroatoms. The number of nitrogens with one attached hydrogen (secondary N) is 1. The van der Waals surface area contributed by atoms with Crippen molar-refractivity contribution in [3.63, 3.8) is 0 Å². The molecule has 0 saturated carbocycles. The van der Waals surface area contributed by atoms with Crippen LogP contribution in [0, 0.1) is 0 Å². The van der Waals surface area contributed by atoms with Crippen LogP contribution in [-0.4, -0.2) is 46.9 Å². The lowest BCUT2D eigenvalue weighted by atomic mass is 10.0. The van der Waals surface area contributed by atoms with E-state index in [0.29, 0.717) is 19.3 Å². The van der Waals surface area contributed by atoms with Crippen LogP contribution < -0.4 is 5.32 Å². The fourth-order valence-electron chi connectivity index (χ4n) is 6.99. The summed E-state index contributed by atoms with van der Waals surface area (Å²) in [5, 5.41) is 23.7. The summed E-state index contributed by atoms with van der Waals surface area (Å²) in [5.74, 6) is -0.651. The van der Waals surface area contributed by atoms with Gasteiger partial charge in [-0.15, -0.1) is 0 Å². The number of unbranched alkanes of at least 4 members (excludes halogenated alkanes) is 17. The third-order valence-electron chi connectivity index (χ3n) is 10.9. The molecule has 0 heterocycles. The average molecular weight is 862 g/mol. The Bertz CT molecular complexity index is 1240. The average Bonchev–Trinajstić information content (AvgIpc) is 3.26. The van der Waals surface area contributed by atoms with E-state index < -0.39 is 18.2 Å². The highest BCUT2D eigenvalue weighted by Crippen LogP contribution is 2.15. The van der Waals surface area contributed by atoms with E-state index in [4.69, 9.17) is 4.74 Å². The van der Waals surface area contributed by atoms with Gasteiger partial charge in [0, 0.05) is 12.8 Å². The van der Waals surface area contributed by atoms with Gasteiger partial charge in [0.1, 0.15) is 6.10 Å². The molecule has 0 aromatic carbocycles. The Balaban J connectivity index is 4.84. The number of ether oxygens (including phenoxy) is 1. The Morgan fingerprint density at radius 3 is 1.29 bits per heavy atom. The number of carbonyl (C=O) groups is 2. The number of amides is 1. The molecule has 0 fully saturated rings. The van der Waals surface area contributed by atoms with E-state index in [1.165, 1.54) is 96.3 Å². The summed E-state index contributed by atoms with van der Waals surface area (Å²) in [6.45, 7) is 6.37. The van der Waals surface area contributed by atoms with Crippen molar-refractivity contribution < 1.29 is 24.5 Å². The van der Waals surface area contributed by atoms with Crippen LogP contribution in [0.1, 0.15) is 220 Å². The number of hydrogen-bond donors (Lipinski definition) is 3. The van der Waals surface area contributed by atoms with Crippen molar-refractivity contribution in [2.45, 2.75) is 238 Å². The van der Waals surface area contributed by atoms with Gasteiger partial charge in [0.2, 0.25) is 5.91 Å². The van der Waals surface area contributed by atoms with E-state index in [1.54, 1.807) is 0 Å². The summed E-state index contributed by atoms with van der Waals surface area (Å²) >= 11 is 0. The Labute approximate surface area is 382 Å². The number of hydrogen-bond acceptors (Lipinski definition) is 5. The maximum atomic E-state index is 13.2. The van der Waals surface area contributed by atoms with Crippen molar-refractivity contribution in [3.05, 3.63) is 97.2 Å². The molecule has 0 rings (SSSR count). The van der Waals surface area contributed by atoms with Crippen LogP contribution in [0.5, 0.6) is 0 Å². The number of rotatable bonds is 44. The molecule has 3 unspecified atom stereocenters. The van der Waals surface area contributed by atoms with Crippen LogP contribution in [0.25, 0.3) is 0 Å². The number of carbonyl (C=O) groups excluding carboxylic acids is 2. The molecule has 0 spiro atoms. The molecule has 0 saturated heterocycles. The second-order valence-corrected chi connectivity index (χ2v) is 16.9. The van der Waals surface area contributed by atoms with Gasteiger partial charge in [0.25, 0.3) is 0 Å². The summed E-state index contributed by atoms with van der Waals surface area (Å²) < 4.78 is 5.83. The molecule has 0 aromatic heterocycles. The Hall–Kier alpha value is -3.22. The summed E-state index contributed by atoms with van der Waals surface area (Å²) in [7, 11) is 0. The lowest BCUT2D eigenvalue weighted by Crippen LogP contribution is -2.46. The van der Waals surface area contributed by atoms with E-state index in [-0.39, 0.29) is 31.3 Å². The smallest absolute Gasteiger partial charge is 0.306 e. The highest BCUT2D eigenvalue weighted by Gasteiger charge is 2.23. The molecule has 6 nitrogen and oxygen atoms in total. The number of esters is 1. The van der Waals surface area contributed by atoms with Crippen LogP contribution in [0.3, 0.4) is 0 Å². The van der Waals surface area contributed by atoms with E-state index in [0.717, 1.165) is 70.6 Å². The molecule has 1 amide bonds. The minimum atomic E-state index is -0.824. The van der Waals surface area contributed by atoms with E-state index >= 15 is 0 Å². The van der Waals surface area contributed by atoms with Crippen molar-refractivity contribution in [1.82, 2.24) is 5.32 Å². The predicted octanol–water partition coefficient (Wildman–Crippen LogP) is 15.3. The first kappa shape index (κ1) is 58.8. The van der Waals surface area contributed by atoms with Crippen molar-refractivity contribution >= 4 is 11.9 Å². The first-order valence-corrected chi connectivity index (χ1v) is 25.5. The molecule has 0 aliphatic heterocycles. The summed E-state index contributed by atoms with van der Waals surface area (Å²) in [6.07, 6.45) is 64.8. The summed E-state index contributed by atoms with van der Waals surface area (Å²) in [4.78, 5) is 26.1. The standard InChI is InChI=1S/C56H95NO5/c1-4-7-10-13-16-19-22-24-26-27-29-31-34-37-40-43-46-49-56(61)62-52(47-44-41-38-35-33-30-28-25-23-20-17-14-11-8-5-2)50-55(60)57-53(51-58)54(59)48-45-42-39-36-32-21-18-15-12-9-6-3/h16-17,19-20,24-26,28-29,31,33,35,37,40-41,44,52-54,58-59H,4-15,18,21-23,27,30,32,34,36,38-39,42-43,45-51H2,1-3H3,(H,57,60)/b19-16-,20-17-,26-24-,28-25-,31-29-,35-33-,40-37-,44-41-. The predicted molar refractivity (Wildman–Crippen MR) is 268 cm³/mol. The van der Waals surface area contributed by atoms with Crippen LogP contribution >= 0.6 is 0 Å². The molecule has 3 atom stereocenters. The van der Waals surface area contributed by atoms with E-state index in [9.17, 15) is 19.8 Å². The Morgan fingerprint density at radius 1 is 0.484 bits per heavy atom. The zero-order valence-electron chi connectivity index (χ0n) is 40.2. The second kappa shape index (κ2) is 48.8. The quantitative estimate of drug-likeness (QED) is 0.0322. The van der Waals surface area contributed by atoms with E-state index in [2.05, 4.69) is 111 Å². The normalized spacial score (nSPS) is 14.1. The summed E-state index contributed by atoms with van der Waals surface area (Å²) in [6, 6.07) is -0.746. The molecular weight excluding hydrogens is 767 g/mol. The second-order valence-electron chi connectivity index (χ2n) is 16.9. The van der Waals surface area contributed by atoms with Gasteiger partial charge in [-0.25, -0.2) is 0 Å². The first-order chi connectivity index (χ1) is 30.5. The fraction of sp³-hybridized carbons (Fsp3) is 0.679. The Kier molecular flexibility index (Phi) is 46.3. The topological polar surface area (TPSA) is 95.9 Å². The molecule has 354 valence electrons. The monoisotopic (exact) mass is 862 g/mol. The van der Waals surface area contributed by atoms with Gasteiger partial charge in [-0.1, -0.05) is 214 Å². The molecule has 3 N–H and O–H groups in total. The van der Waals surface area contributed by atoms with Gasteiger partial charge in [-0.2, -0.15) is 0 Å². The zero-order valence-corrected chi connectivity index (χ0v) is 40.2. The van der Waals surface area contributed by atoms with Gasteiger partial charge >= 0.3 is 5.97 Å². The fourth-order valence-corrected chi connectivity index (χ4v) is 6.99. The zero-order chi connectivity index (χ0) is 45.2. The van der Waals surface area contributed by atoms with Crippen LogP contribution in [0.2, 0.25) is 0 Å². The lowest BCUT2D eigenvalue weighted by molar-refractivity contribution is -0.150. The molecule has 0 aromatic rings. The molecule has 0 aliphatic rings. The number of allylic oxidation sites excluding steroid dienone is 15. The highest BCUT2D eigenvalue weighted by atomic mass is 16.5. The Morgan fingerprint density at radius 2 is 0.855 bits per heavy atom. The maximum Gasteiger partial charge on any atom is 0.306 e. The third kappa shape index (κ3) is 43.4.